The first-order valence-corrected chi connectivity index (χ1v) is 5.21. The molecule has 0 aromatic rings. The summed E-state index contributed by atoms with van der Waals surface area (Å²) in [7, 11) is 0. The molecule has 1 saturated heterocycles. The zero-order valence-corrected chi connectivity index (χ0v) is 8.60. The third kappa shape index (κ3) is 2.59. The number of nitrogens with two attached hydrogens (primary N) is 3. The molecule has 2 atom stereocenters. The van der Waals surface area contributed by atoms with Crippen LogP contribution in [0.2, 0.25) is 0 Å². The first-order chi connectivity index (χ1) is 7.16. The number of ether oxygens (including phenoxy) is 1. The van der Waals surface area contributed by atoms with Crippen LogP contribution in [0.15, 0.2) is 9.98 Å². The maximum atomic E-state index is 5.62. The molecule has 0 aromatic carbocycles. The van der Waals surface area contributed by atoms with E-state index in [1.807, 2.05) is 0 Å². The van der Waals surface area contributed by atoms with Gasteiger partial charge in [-0.15, -0.1) is 0 Å². The van der Waals surface area contributed by atoms with Crippen LogP contribution in [0, 0.1) is 5.92 Å². The second-order valence-electron chi connectivity index (χ2n) is 4.05. The fourth-order valence-electron chi connectivity index (χ4n) is 1.94. The fraction of sp³-hybridized carbons (Fsp3) is 0.778. The minimum absolute atomic E-state index is 0.0573. The minimum atomic E-state index is -0.0573. The highest BCUT2D eigenvalue weighted by Gasteiger charge is 2.40. The molecule has 1 heterocycles. The van der Waals surface area contributed by atoms with Gasteiger partial charge in [-0.1, -0.05) is 0 Å². The maximum Gasteiger partial charge on any atom is 0.218 e. The molecular weight excluding hydrogens is 194 g/mol. The summed E-state index contributed by atoms with van der Waals surface area (Å²) in [4.78, 5) is 7.98. The number of rotatable bonds is 2. The zero-order chi connectivity index (χ0) is 10.8. The summed E-state index contributed by atoms with van der Waals surface area (Å²) >= 11 is 0. The van der Waals surface area contributed by atoms with Gasteiger partial charge in [-0.05, 0) is 25.2 Å². The van der Waals surface area contributed by atoms with Crippen molar-refractivity contribution in [2.24, 2.45) is 33.1 Å². The van der Waals surface area contributed by atoms with Crippen molar-refractivity contribution in [1.82, 2.24) is 0 Å². The Morgan fingerprint density at radius 1 is 1.13 bits per heavy atom. The van der Waals surface area contributed by atoms with Crippen molar-refractivity contribution >= 4 is 11.9 Å². The lowest BCUT2D eigenvalue weighted by Crippen LogP contribution is -2.29. The Labute approximate surface area is 88.6 Å². The van der Waals surface area contributed by atoms with Crippen LogP contribution in [0.25, 0.3) is 0 Å². The predicted molar refractivity (Wildman–Crippen MR) is 58.3 cm³/mol. The van der Waals surface area contributed by atoms with Gasteiger partial charge in [0.25, 0.3) is 0 Å². The van der Waals surface area contributed by atoms with E-state index in [1.165, 1.54) is 12.8 Å². The van der Waals surface area contributed by atoms with E-state index in [0.717, 1.165) is 13.0 Å². The molecule has 2 fully saturated rings. The lowest BCUT2D eigenvalue weighted by Gasteiger charge is -2.13. The van der Waals surface area contributed by atoms with Crippen molar-refractivity contribution in [3.63, 3.8) is 0 Å². The molecular formula is C9H17N5O. The molecule has 1 saturated carbocycles. The van der Waals surface area contributed by atoms with Crippen LogP contribution in [0.4, 0.5) is 0 Å². The minimum Gasteiger partial charge on any atom is -0.376 e. The largest absolute Gasteiger partial charge is 0.376 e. The zero-order valence-electron chi connectivity index (χ0n) is 8.60. The van der Waals surface area contributed by atoms with E-state index in [0.29, 0.717) is 5.92 Å². The molecule has 2 aliphatic rings. The topological polar surface area (TPSA) is 112 Å². The number of aliphatic imine (C=N–C) groups is 2. The average molecular weight is 211 g/mol. The highest BCUT2D eigenvalue weighted by molar-refractivity contribution is 5.92. The van der Waals surface area contributed by atoms with E-state index in [4.69, 9.17) is 21.9 Å². The second-order valence-corrected chi connectivity index (χ2v) is 4.05. The Morgan fingerprint density at radius 3 is 2.47 bits per heavy atom. The maximum absolute atomic E-state index is 5.62. The van der Waals surface area contributed by atoms with Gasteiger partial charge in [-0.3, -0.25) is 0 Å². The second kappa shape index (κ2) is 4.06. The van der Waals surface area contributed by atoms with Crippen LogP contribution in [0.1, 0.15) is 19.3 Å². The molecule has 6 N–H and O–H groups in total. The summed E-state index contributed by atoms with van der Waals surface area (Å²) in [5.41, 5.74) is 16.0. The van der Waals surface area contributed by atoms with Crippen molar-refractivity contribution in [3.8, 4) is 0 Å². The molecule has 6 nitrogen and oxygen atoms in total. The first-order valence-electron chi connectivity index (χ1n) is 5.21. The van der Waals surface area contributed by atoms with E-state index >= 15 is 0 Å². The number of nitrogens with zero attached hydrogens (tertiary/aromatic N) is 2. The summed E-state index contributed by atoms with van der Waals surface area (Å²) in [6.07, 6.45) is 3.59. The summed E-state index contributed by atoms with van der Waals surface area (Å²) < 4.78 is 5.62. The Bertz CT molecular complexity index is 293. The smallest absolute Gasteiger partial charge is 0.218 e. The van der Waals surface area contributed by atoms with E-state index in [9.17, 15) is 0 Å². The number of hydrogen-bond donors (Lipinski definition) is 3. The molecule has 0 spiro atoms. The Hall–Kier alpha value is -1.30. The molecule has 0 radical (unpaired) electrons. The summed E-state index contributed by atoms with van der Waals surface area (Å²) in [5.74, 6) is 0.752. The normalized spacial score (nSPS) is 31.6. The van der Waals surface area contributed by atoms with E-state index in [2.05, 4.69) is 9.98 Å². The predicted octanol–water partition coefficient (Wildman–Crippen LogP) is -0.858. The fourth-order valence-corrected chi connectivity index (χ4v) is 1.94. The number of hydrogen-bond acceptors (Lipinski definition) is 2. The van der Waals surface area contributed by atoms with Crippen LogP contribution in [0.3, 0.4) is 0 Å². The average Bonchev–Trinajstić information content (AvgIpc) is 2.87. The molecule has 0 aromatic heterocycles. The van der Waals surface area contributed by atoms with E-state index in [-0.39, 0.29) is 24.1 Å². The van der Waals surface area contributed by atoms with Crippen LogP contribution in [0.5, 0.6) is 0 Å². The Morgan fingerprint density at radius 2 is 1.87 bits per heavy atom. The molecule has 2 unspecified atom stereocenters. The van der Waals surface area contributed by atoms with Gasteiger partial charge >= 0.3 is 0 Å². The van der Waals surface area contributed by atoms with Gasteiger partial charge < -0.3 is 21.9 Å². The third-order valence-corrected chi connectivity index (χ3v) is 2.73. The van der Waals surface area contributed by atoms with Crippen molar-refractivity contribution in [3.05, 3.63) is 0 Å². The van der Waals surface area contributed by atoms with Gasteiger partial charge in [0.15, 0.2) is 5.96 Å². The molecule has 6 heteroatoms. The Kier molecular flexibility index (Phi) is 2.77. The molecule has 1 aliphatic heterocycles. The van der Waals surface area contributed by atoms with Crippen LogP contribution < -0.4 is 17.2 Å². The molecule has 1 aliphatic carbocycles. The standard InChI is InChI=1S/C9H17N5O/c10-8(11)14-9(12)13-6-3-4-15-7(6)5-1-2-5/h5-7H,1-4H2,(H6,10,11,12,13,14). The van der Waals surface area contributed by atoms with Crippen molar-refractivity contribution in [2.45, 2.75) is 31.4 Å². The monoisotopic (exact) mass is 211 g/mol. The molecule has 0 bridgehead atoms. The van der Waals surface area contributed by atoms with Crippen molar-refractivity contribution in [1.29, 1.82) is 0 Å². The SMILES string of the molecule is NC(N)=NC(N)=NC1CCOC1C1CC1. The Balaban J connectivity index is 2.00. The number of guanidine groups is 2. The lowest BCUT2D eigenvalue weighted by atomic mass is 10.1. The lowest BCUT2D eigenvalue weighted by molar-refractivity contribution is 0.0875. The highest BCUT2D eigenvalue weighted by Crippen LogP contribution is 2.39. The molecule has 2 rings (SSSR count). The van der Waals surface area contributed by atoms with Gasteiger partial charge in [0.1, 0.15) is 0 Å². The van der Waals surface area contributed by atoms with Gasteiger partial charge in [-0.2, -0.15) is 4.99 Å². The van der Waals surface area contributed by atoms with Crippen molar-refractivity contribution < 1.29 is 4.74 Å². The summed E-state index contributed by atoms with van der Waals surface area (Å²) in [5, 5.41) is 0. The quantitative estimate of drug-likeness (QED) is 0.407. The van der Waals surface area contributed by atoms with Crippen LogP contribution in [-0.2, 0) is 4.74 Å². The van der Waals surface area contributed by atoms with Gasteiger partial charge in [0, 0.05) is 6.61 Å². The third-order valence-electron chi connectivity index (χ3n) is 2.73. The van der Waals surface area contributed by atoms with Gasteiger partial charge in [0.05, 0.1) is 12.1 Å². The van der Waals surface area contributed by atoms with E-state index in [1.54, 1.807) is 0 Å². The molecule has 84 valence electrons. The molecule has 15 heavy (non-hydrogen) atoms. The summed E-state index contributed by atoms with van der Waals surface area (Å²) in [6, 6.07) is 0.126. The van der Waals surface area contributed by atoms with Gasteiger partial charge in [-0.25, -0.2) is 4.99 Å². The van der Waals surface area contributed by atoms with Crippen molar-refractivity contribution in [2.75, 3.05) is 6.61 Å². The van der Waals surface area contributed by atoms with E-state index < -0.39 is 0 Å². The van der Waals surface area contributed by atoms with Crippen LogP contribution in [-0.4, -0.2) is 30.7 Å². The van der Waals surface area contributed by atoms with Crippen LogP contribution >= 0.6 is 0 Å². The summed E-state index contributed by atoms with van der Waals surface area (Å²) in [6.45, 7) is 0.754. The first kappa shape index (κ1) is 10.2. The highest BCUT2D eigenvalue weighted by atomic mass is 16.5. The molecule has 0 amide bonds. The van der Waals surface area contributed by atoms with Gasteiger partial charge in [0.2, 0.25) is 5.96 Å².